The van der Waals surface area contributed by atoms with Gasteiger partial charge in [0.1, 0.15) is 4.64 Å². The first-order chi connectivity index (χ1) is 8.06. The van der Waals surface area contributed by atoms with Crippen molar-refractivity contribution in [2.75, 3.05) is 0 Å². The van der Waals surface area contributed by atoms with Crippen molar-refractivity contribution in [3.05, 3.63) is 45.7 Å². The molecule has 0 saturated carbocycles. The molecule has 2 aromatic rings. The molecule has 2 rings (SSSR count). The second-order valence-electron chi connectivity index (χ2n) is 4.53. The van der Waals surface area contributed by atoms with Crippen molar-refractivity contribution in [1.82, 2.24) is 9.78 Å². The average Bonchev–Trinajstić information content (AvgIpc) is 2.59. The van der Waals surface area contributed by atoms with E-state index < -0.39 is 0 Å². The van der Waals surface area contributed by atoms with Crippen LogP contribution in [-0.4, -0.2) is 9.78 Å². The lowest BCUT2D eigenvalue weighted by Gasteiger charge is -2.04. The van der Waals surface area contributed by atoms with Crippen LogP contribution in [0.5, 0.6) is 0 Å². The summed E-state index contributed by atoms with van der Waals surface area (Å²) >= 11 is 11.2. The summed E-state index contributed by atoms with van der Waals surface area (Å²) in [5.41, 5.74) is 2.18. The molecule has 1 N–H and O–H groups in total. The Morgan fingerprint density at radius 2 is 1.94 bits per heavy atom. The lowest BCUT2D eigenvalue weighted by Crippen LogP contribution is -1.99. The van der Waals surface area contributed by atoms with Gasteiger partial charge >= 0.3 is 0 Å². The molecule has 90 valence electrons. The van der Waals surface area contributed by atoms with E-state index in [4.69, 9.17) is 23.8 Å². The summed E-state index contributed by atoms with van der Waals surface area (Å²) in [7, 11) is 0. The van der Waals surface area contributed by atoms with Crippen LogP contribution in [-0.2, 0) is 6.42 Å². The van der Waals surface area contributed by atoms with Gasteiger partial charge in [0.15, 0.2) is 0 Å². The predicted molar refractivity (Wildman–Crippen MR) is 74.5 cm³/mol. The third kappa shape index (κ3) is 2.99. The fourth-order valence-electron chi connectivity index (χ4n) is 1.77. The van der Waals surface area contributed by atoms with Crippen molar-refractivity contribution < 1.29 is 0 Å². The molecule has 0 radical (unpaired) electrons. The molecule has 17 heavy (non-hydrogen) atoms. The van der Waals surface area contributed by atoms with Crippen LogP contribution < -0.4 is 0 Å². The Bertz CT molecular complexity index is 552. The van der Waals surface area contributed by atoms with Crippen molar-refractivity contribution in [1.29, 1.82) is 0 Å². The fraction of sp³-hybridized carbons (Fsp3) is 0.308. The number of nitrogens with one attached hydrogen (secondary N) is 1. The summed E-state index contributed by atoms with van der Waals surface area (Å²) in [6.45, 7) is 4.38. The fourth-order valence-corrected chi connectivity index (χ4v) is 2.19. The smallest absolute Gasteiger partial charge is 0.127 e. The highest BCUT2D eigenvalue weighted by atomic mass is 35.5. The number of H-pyrrole nitrogens is 1. The number of rotatable bonds is 3. The normalized spacial score (nSPS) is 11.1. The largest absolute Gasteiger partial charge is 0.297 e. The van der Waals surface area contributed by atoms with Crippen LogP contribution in [0.3, 0.4) is 0 Å². The maximum absolute atomic E-state index is 5.87. The van der Waals surface area contributed by atoms with E-state index in [0.717, 1.165) is 21.8 Å². The Balaban J connectivity index is 2.36. The number of hydrogen-bond donors (Lipinski definition) is 1. The summed E-state index contributed by atoms with van der Waals surface area (Å²) < 4.78 is 2.70. The third-order valence-electron chi connectivity index (χ3n) is 2.49. The first kappa shape index (κ1) is 12.4. The molecule has 0 amide bonds. The Kier molecular flexibility index (Phi) is 3.69. The molecule has 0 fully saturated rings. The van der Waals surface area contributed by atoms with Crippen LogP contribution in [0.25, 0.3) is 5.69 Å². The third-order valence-corrected chi connectivity index (χ3v) is 3.04. The molecule has 0 spiro atoms. The summed E-state index contributed by atoms with van der Waals surface area (Å²) in [6, 6.07) is 9.65. The summed E-state index contributed by atoms with van der Waals surface area (Å²) in [6.07, 6.45) is 1.00. The van der Waals surface area contributed by atoms with Gasteiger partial charge in [0.25, 0.3) is 0 Å². The lowest BCUT2D eigenvalue weighted by atomic mass is 10.1. The first-order valence-corrected chi connectivity index (χ1v) is 6.42. The van der Waals surface area contributed by atoms with Crippen LogP contribution in [0.15, 0.2) is 30.3 Å². The topological polar surface area (TPSA) is 20.7 Å². The minimum Gasteiger partial charge on any atom is -0.297 e. The number of hydrogen-bond acceptors (Lipinski definition) is 1. The number of aromatic nitrogens is 2. The van der Waals surface area contributed by atoms with Crippen molar-refractivity contribution in [2.24, 2.45) is 5.92 Å². The molecule has 1 aromatic heterocycles. The maximum atomic E-state index is 5.87. The number of aromatic amines is 1. The molecule has 0 bridgehead atoms. The molecule has 1 aromatic carbocycles. The van der Waals surface area contributed by atoms with Crippen LogP contribution in [0.1, 0.15) is 19.5 Å². The van der Waals surface area contributed by atoms with Crippen molar-refractivity contribution >= 4 is 23.8 Å². The minimum absolute atomic E-state index is 0.613. The van der Waals surface area contributed by atoms with Crippen LogP contribution >= 0.6 is 23.8 Å². The van der Waals surface area contributed by atoms with Gasteiger partial charge < -0.3 is 0 Å². The zero-order chi connectivity index (χ0) is 12.4. The molecular weight excluding hydrogens is 252 g/mol. The number of benzene rings is 1. The van der Waals surface area contributed by atoms with E-state index in [1.807, 2.05) is 35.0 Å². The molecule has 0 aliphatic heterocycles. The highest BCUT2D eigenvalue weighted by Crippen LogP contribution is 2.15. The van der Waals surface area contributed by atoms with Crippen molar-refractivity contribution in [3.63, 3.8) is 0 Å². The van der Waals surface area contributed by atoms with Gasteiger partial charge in [-0.15, -0.1) is 0 Å². The molecule has 0 atom stereocenters. The van der Waals surface area contributed by atoms with Gasteiger partial charge in [-0.25, -0.2) is 4.68 Å². The Morgan fingerprint density at radius 1 is 1.29 bits per heavy atom. The van der Waals surface area contributed by atoms with Crippen molar-refractivity contribution in [3.8, 4) is 5.69 Å². The molecule has 4 heteroatoms. The molecule has 0 saturated heterocycles. The quantitative estimate of drug-likeness (QED) is 0.818. The van der Waals surface area contributed by atoms with E-state index in [2.05, 4.69) is 18.9 Å². The van der Waals surface area contributed by atoms with Crippen LogP contribution in [0.4, 0.5) is 0 Å². The minimum atomic E-state index is 0.613. The van der Waals surface area contributed by atoms with E-state index in [0.29, 0.717) is 5.92 Å². The van der Waals surface area contributed by atoms with Gasteiger partial charge in [0.05, 0.1) is 5.69 Å². The van der Waals surface area contributed by atoms with E-state index in [1.54, 1.807) is 0 Å². The lowest BCUT2D eigenvalue weighted by molar-refractivity contribution is 0.628. The number of halogens is 1. The summed E-state index contributed by atoms with van der Waals surface area (Å²) in [5, 5.41) is 4.05. The highest BCUT2D eigenvalue weighted by molar-refractivity contribution is 7.71. The van der Waals surface area contributed by atoms with Crippen molar-refractivity contribution in [2.45, 2.75) is 20.3 Å². The van der Waals surface area contributed by atoms with E-state index in [-0.39, 0.29) is 0 Å². The van der Waals surface area contributed by atoms with Gasteiger partial charge in [0, 0.05) is 10.7 Å². The first-order valence-electron chi connectivity index (χ1n) is 5.63. The predicted octanol–water partition coefficient (Wildman–Crippen LogP) is 4.39. The monoisotopic (exact) mass is 266 g/mol. The molecule has 0 aliphatic carbocycles. The Labute approximate surface area is 111 Å². The second kappa shape index (κ2) is 5.07. The van der Waals surface area contributed by atoms with Crippen LogP contribution in [0.2, 0.25) is 5.02 Å². The van der Waals surface area contributed by atoms with Gasteiger partial charge in [-0.3, -0.25) is 5.10 Å². The van der Waals surface area contributed by atoms with Gasteiger partial charge in [0.2, 0.25) is 0 Å². The molecule has 2 nitrogen and oxygen atoms in total. The standard InChI is InChI=1S/C13H15ClN2S/c1-9(2)7-11-8-13(17)16(15-11)12-5-3-10(14)4-6-12/h3-6,8-9,15H,7H2,1-2H3. The van der Waals surface area contributed by atoms with E-state index >= 15 is 0 Å². The Morgan fingerprint density at radius 3 is 2.53 bits per heavy atom. The molecular formula is C13H15ClN2S. The molecule has 0 aliphatic rings. The molecule has 0 unspecified atom stereocenters. The highest BCUT2D eigenvalue weighted by Gasteiger charge is 2.04. The average molecular weight is 267 g/mol. The Hall–Kier alpha value is -1.06. The van der Waals surface area contributed by atoms with Crippen LogP contribution in [0, 0.1) is 10.6 Å². The summed E-state index contributed by atoms with van der Waals surface area (Å²) in [4.78, 5) is 0. The van der Waals surface area contributed by atoms with E-state index in [1.165, 1.54) is 5.69 Å². The second-order valence-corrected chi connectivity index (χ2v) is 5.38. The zero-order valence-electron chi connectivity index (χ0n) is 9.90. The maximum Gasteiger partial charge on any atom is 0.127 e. The summed E-state index contributed by atoms with van der Waals surface area (Å²) in [5.74, 6) is 0.613. The SMILES string of the molecule is CC(C)Cc1cc(=S)n(-c2ccc(Cl)cc2)[nH]1. The van der Waals surface area contributed by atoms with Gasteiger partial charge in [-0.2, -0.15) is 0 Å². The van der Waals surface area contributed by atoms with Gasteiger partial charge in [-0.1, -0.05) is 37.7 Å². The van der Waals surface area contributed by atoms with Gasteiger partial charge in [-0.05, 0) is 42.7 Å². The molecule has 1 heterocycles. The number of nitrogens with zero attached hydrogens (tertiary/aromatic N) is 1. The van der Waals surface area contributed by atoms with E-state index in [9.17, 15) is 0 Å². The zero-order valence-corrected chi connectivity index (χ0v) is 11.5.